The number of carboxylic acid groups (broad SMARTS) is 1. The lowest BCUT2D eigenvalue weighted by Crippen LogP contribution is -2.12. The van der Waals surface area contributed by atoms with Crippen molar-refractivity contribution in [3.8, 4) is 0 Å². The summed E-state index contributed by atoms with van der Waals surface area (Å²) in [7, 11) is 0. The summed E-state index contributed by atoms with van der Waals surface area (Å²) in [5.41, 5.74) is 0. The number of ketones is 1. The standard InChI is InChI=1S/C6H8O3/c7-5(6(8)9)3-4-1-2-4/h4H,1-3H2,(H,8,9). The molecule has 1 saturated carbocycles. The number of hydrogen-bond acceptors (Lipinski definition) is 2. The average molecular weight is 128 g/mol. The predicted molar refractivity (Wildman–Crippen MR) is 30.0 cm³/mol. The largest absolute Gasteiger partial charge is 0.476 e. The van der Waals surface area contributed by atoms with Crippen molar-refractivity contribution in [2.45, 2.75) is 19.3 Å². The van der Waals surface area contributed by atoms with Crippen LogP contribution in [0, 0.1) is 5.92 Å². The van der Waals surface area contributed by atoms with Crippen LogP contribution < -0.4 is 0 Å². The third kappa shape index (κ3) is 1.83. The molecule has 3 heteroatoms. The molecule has 0 unspecified atom stereocenters. The fourth-order valence-corrected chi connectivity index (χ4v) is 0.671. The fraction of sp³-hybridized carbons (Fsp3) is 0.667. The maximum atomic E-state index is 10.4. The summed E-state index contributed by atoms with van der Waals surface area (Å²) in [6.45, 7) is 0. The molecule has 0 bridgehead atoms. The Morgan fingerprint density at radius 2 is 2.00 bits per heavy atom. The highest BCUT2D eigenvalue weighted by molar-refractivity contribution is 6.32. The van der Waals surface area contributed by atoms with E-state index in [1.165, 1.54) is 0 Å². The van der Waals surface area contributed by atoms with Crippen LogP contribution in [-0.4, -0.2) is 16.9 Å². The van der Waals surface area contributed by atoms with Crippen LogP contribution in [0.3, 0.4) is 0 Å². The summed E-state index contributed by atoms with van der Waals surface area (Å²) in [5, 5.41) is 8.11. The first kappa shape index (κ1) is 6.26. The number of Topliss-reactive ketones (excluding diaryl/α,β-unsaturated/α-hetero) is 1. The molecule has 9 heavy (non-hydrogen) atoms. The smallest absolute Gasteiger partial charge is 0.372 e. The molecule has 3 nitrogen and oxygen atoms in total. The summed E-state index contributed by atoms with van der Waals surface area (Å²) < 4.78 is 0. The van der Waals surface area contributed by atoms with Crippen molar-refractivity contribution in [3.63, 3.8) is 0 Å². The van der Waals surface area contributed by atoms with Crippen LogP contribution in [0.5, 0.6) is 0 Å². The van der Waals surface area contributed by atoms with Crippen LogP contribution in [0.25, 0.3) is 0 Å². The molecular formula is C6H8O3. The Morgan fingerprint density at radius 3 is 2.33 bits per heavy atom. The molecule has 0 aromatic rings. The van der Waals surface area contributed by atoms with Gasteiger partial charge in [0.1, 0.15) is 0 Å². The number of hydrogen-bond donors (Lipinski definition) is 1. The van der Waals surface area contributed by atoms with Gasteiger partial charge in [-0.2, -0.15) is 0 Å². The minimum absolute atomic E-state index is 0.245. The van der Waals surface area contributed by atoms with E-state index in [0.29, 0.717) is 5.92 Å². The number of carbonyl (C=O) groups is 2. The summed E-state index contributed by atoms with van der Waals surface area (Å²) >= 11 is 0. The second kappa shape index (κ2) is 2.17. The van der Waals surface area contributed by atoms with Gasteiger partial charge >= 0.3 is 5.97 Å². The Labute approximate surface area is 52.7 Å². The SMILES string of the molecule is O=C(O)C(=O)CC1CC1. The zero-order chi connectivity index (χ0) is 6.85. The molecule has 1 aliphatic rings. The summed E-state index contributed by atoms with van der Waals surface area (Å²) in [4.78, 5) is 20.3. The lowest BCUT2D eigenvalue weighted by Gasteiger charge is -1.87. The number of carboxylic acids is 1. The molecule has 1 fully saturated rings. The molecule has 0 aromatic carbocycles. The second-order valence-electron chi connectivity index (χ2n) is 2.38. The molecule has 0 atom stereocenters. The third-order valence-corrected chi connectivity index (χ3v) is 1.41. The molecule has 0 saturated heterocycles. The molecule has 50 valence electrons. The van der Waals surface area contributed by atoms with Gasteiger partial charge in [0.25, 0.3) is 0 Å². The van der Waals surface area contributed by atoms with Gasteiger partial charge in [-0.25, -0.2) is 4.79 Å². The highest BCUT2D eigenvalue weighted by Gasteiger charge is 2.26. The lowest BCUT2D eigenvalue weighted by atomic mass is 10.2. The summed E-state index contributed by atoms with van der Waals surface area (Å²) in [6.07, 6.45) is 2.30. The Hall–Kier alpha value is -0.860. The zero-order valence-corrected chi connectivity index (χ0v) is 4.96. The van der Waals surface area contributed by atoms with Gasteiger partial charge in [-0.15, -0.1) is 0 Å². The van der Waals surface area contributed by atoms with Crippen LogP contribution >= 0.6 is 0 Å². The van der Waals surface area contributed by atoms with Crippen molar-refractivity contribution < 1.29 is 14.7 Å². The zero-order valence-electron chi connectivity index (χ0n) is 4.96. The van der Waals surface area contributed by atoms with E-state index in [0.717, 1.165) is 12.8 Å². The second-order valence-corrected chi connectivity index (χ2v) is 2.38. The van der Waals surface area contributed by atoms with E-state index in [1.807, 2.05) is 0 Å². The molecule has 0 radical (unpaired) electrons. The van der Waals surface area contributed by atoms with E-state index in [9.17, 15) is 9.59 Å². The van der Waals surface area contributed by atoms with Crippen molar-refractivity contribution in [1.82, 2.24) is 0 Å². The molecular weight excluding hydrogens is 120 g/mol. The first-order chi connectivity index (χ1) is 4.20. The lowest BCUT2D eigenvalue weighted by molar-refractivity contribution is -0.149. The van der Waals surface area contributed by atoms with Crippen molar-refractivity contribution in [2.75, 3.05) is 0 Å². The average Bonchev–Trinajstić information content (AvgIpc) is 2.50. The van der Waals surface area contributed by atoms with Gasteiger partial charge in [-0.1, -0.05) is 0 Å². The topological polar surface area (TPSA) is 54.4 Å². The van der Waals surface area contributed by atoms with Gasteiger partial charge in [-0.05, 0) is 18.8 Å². The molecule has 0 aromatic heterocycles. The molecule has 0 amide bonds. The Balaban J connectivity index is 2.25. The van der Waals surface area contributed by atoms with Gasteiger partial charge < -0.3 is 5.11 Å². The summed E-state index contributed by atoms with van der Waals surface area (Å²) in [6, 6.07) is 0. The van der Waals surface area contributed by atoms with E-state index in [-0.39, 0.29) is 6.42 Å². The third-order valence-electron chi connectivity index (χ3n) is 1.41. The predicted octanol–water partition coefficient (Wildman–Crippen LogP) is 0.440. The normalized spacial score (nSPS) is 17.3. The minimum Gasteiger partial charge on any atom is -0.476 e. The van der Waals surface area contributed by atoms with Crippen molar-refractivity contribution in [3.05, 3.63) is 0 Å². The Bertz CT molecular complexity index is 146. The highest BCUT2D eigenvalue weighted by Crippen LogP contribution is 2.32. The quantitative estimate of drug-likeness (QED) is 0.561. The van der Waals surface area contributed by atoms with Crippen molar-refractivity contribution >= 4 is 11.8 Å². The van der Waals surface area contributed by atoms with Gasteiger partial charge in [0.15, 0.2) is 0 Å². The van der Waals surface area contributed by atoms with Crippen LogP contribution in [0.15, 0.2) is 0 Å². The van der Waals surface area contributed by atoms with Gasteiger partial charge in [0.2, 0.25) is 5.78 Å². The van der Waals surface area contributed by atoms with E-state index >= 15 is 0 Å². The molecule has 0 aliphatic heterocycles. The van der Waals surface area contributed by atoms with Gasteiger partial charge in [0.05, 0.1) is 0 Å². The van der Waals surface area contributed by atoms with Gasteiger partial charge in [0, 0.05) is 6.42 Å². The molecule has 0 heterocycles. The first-order valence-corrected chi connectivity index (χ1v) is 2.96. The number of carbonyl (C=O) groups excluding carboxylic acids is 1. The Kier molecular flexibility index (Phi) is 1.51. The minimum atomic E-state index is -1.29. The molecule has 1 N–H and O–H groups in total. The van der Waals surface area contributed by atoms with E-state index in [1.54, 1.807) is 0 Å². The molecule has 1 aliphatic carbocycles. The number of rotatable bonds is 3. The van der Waals surface area contributed by atoms with Crippen LogP contribution in [-0.2, 0) is 9.59 Å². The van der Waals surface area contributed by atoms with Gasteiger partial charge in [-0.3, -0.25) is 4.79 Å². The van der Waals surface area contributed by atoms with E-state index in [2.05, 4.69) is 0 Å². The van der Waals surface area contributed by atoms with E-state index < -0.39 is 11.8 Å². The fourth-order valence-electron chi connectivity index (χ4n) is 0.671. The van der Waals surface area contributed by atoms with Crippen LogP contribution in [0.4, 0.5) is 0 Å². The maximum absolute atomic E-state index is 10.4. The van der Waals surface area contributed by atoms with Crippen molar-refractivity contribution in [2.24, 2.45) is 5.92 Å². The Morgan fingerprint density at radius 1 is 1.44 bits per heavy atom. The maximum Gasteiger partial charge on any atom is 0.372 e. The monoisotopic (exact) mass is 128 g/mol. The molecule has 1 rings (SSSR count). The molecule has 0 spiro atoms. The summed E-state index contributed by atoms with van der Waals surface area (Å²) in [5.74, 6) is -1.55. The first-order valence-electron chi connectivity index (χ1n) is 2.96. The van der Waals surface area contributed by atoms with E-state index in [4.69, 9.17) is 5.11 Å². The number of aliphatic carboxylic acids is 1. The van der Waals surface area contributed by atoms with Crippen molar-refractivity contribution in [1.29, 1.82) is 0 Å². The highest BCUT2D eigenvalue weighted by atomic mass is 16.4. The van der Waals surface area contributed by atoms with Crippen LogP contribution in [0.2, 0.25) is 0 Å². The van der Waals surface area contributed by atoms with Crippen LogP contribution in [0.1, 0.15) is 19.3 Å².